The molecule has 1 N–H and O–H groups in total. The van der Waals surface area contributed by atoms with Crippen LogP contribution in [0.4, 0.5) is 0 Å². The lowest BCUT2D eigenvalue weighted by Gasteiger charge is -2.23. The number of aromatic nitrogens is 1. The minimum Gasteiger partial charge on any atom is -0.493 e. The Bertz CT molecular complexity index is 1010. The summed E-state index contributed by atoms with van der Waals surface area (Å²) in [6, 6.07) is 18.3. The van der Waals surface area contributed by atoms with Crippen LogP contribution in [0.15, 0.2) is 72.1 Å². The SMILES string of the molecule is COc1ccc(C(Cc2ccncc2)c2ccccc2C=NO)cc1OC1CCCC1. The van der Waals surface area contributed by atoms with Gasteiger partial charge in [-0.2, -0.15) is 0 Å². The maximum absolute atomic E-state index is 9.18. The number of oxime groups is 1. The molecule has 0 spiro atoms. The lowest BCUT2D eigenvalue weighted by Crippen LogP contribution is -2.13. The lowest BCUT2D eigenvalue weighted by atomic mass is 9.84. The topological polar surface area (TPSA) is 63.9 Å². The van der Waals surface area contributed by atoms with Crippen molar-refractivity contribution in [2.45, 2.75) is 44.1 Å². The molecule has 1 fully saturated rings. The van der Waals surface area contributed by atoms with E-state index in [1.54, 1.807) is 7.11 Å². The van der Waals surface area contributed by atoms with Crippen LogP contribution in [0, 0.1) is 0 Å². The molecule has 1 heterocycles. The molecule has 160 valence electrons. The van der Waals surface area contributed by atoms with E-state index in [1.165, 1.54) is 24.6 Å². The number of methoxy groups -OCH3 is 1. The first kappa shape index (κ1) is 20.9. The average Bonchev–Trinajstić information content (AvgIpc) is 3.32. The molecular weight excluding hydrogens is 388 g/mol. The normalized spacial score (nSPS) is 15.3. The van der Waals surface area contributed by atoms with Gasteiger partial charge < -0.3 is 14.7 Å². The van der Waals surface area contributed by atoms with Gasteiger partial charge in [0.1, 0.15) is 0 Å². The van der Waals surface area contributed by atoms with Gasteiger partial charge >= 0.3 is 0 Å². The van der Waals surface area contributed by atoms with Crippen LogP contribution < -0.4 is 9.47 Å². The third-order valence-electron chi connectivity index (χ3n) is 5.94. The molecule has 0 radical (unpaired) electrons. The van der Waals surface area contributed by atoms with Gasteiger partial charge in [-0.15, -0.1) is 0 Å². The molecule has 1 saturated carbocycles. The summed E-state index contributed by atoms with van der Waals surface area (Å²) < 4.78 is 11.9. The van der Waals surface area contributed by atoms with Crippen LogP contribution in [0.1, 0.15) is 53.9 Å². The summed E-state index contributed by atoms with van der Waals surface area (Å²) in [6.45, 7) is 0. The number of benzene rings is 2. The average molecular weight is 417 g/mol. The number of nitrogens with zero attached hydrogens (tertiary/aromatic N) is 2. The Morgan fingerprint density at radius 1 is 1.06 bits per heavy atom. The molecule has 5 nitrogen and oxygen atoms in total. The van der Waals surface area contributed by atoms with E-state index in [-0.39, 0.29) is 12.0 Å². The lowest BCUT2D eigenvalue weighted by molar-refractivity contribution is 0.200. The molecule has 0 bridgehead atoms. The molecule has 1 aliphatic carbocycles. The van der Waals surface area contributed by atoms with E-state index in [4.69, 9.17) is 9.47 Å². The molecule has 0 saturated heterocycles. The molecule has 31 heavy (non-hydrogen) atoms. The van der Waals surface area contributed by atoms with E-state index in [0.717, 1.165) is 47.5 Å². The second-order valence-corrected chi connectivity index (χ2v) is 7.92. The van der Waals surface area contributed by atoms with Crippen LogP contribution in [0.2, 0.25) is 0 Å². The summed E-state index contributed by atoms with van der Waals surface area (Å²) in [5, 5.41) is 12.5. The van der Waals surface area contributed by atoms with Gasteiger partial charge in [0.2, 0.25) is 0 Å². The van der Waals surface area contributed by atoms with Gasteiger partial charge in [0.25, 0.3) is 0 Å². The summed E-state index contributed by atoms with van der Waals surface area (Å²) in [5.74, 6) is 1.59. The zero-order valence-corrected chi connectivity index (χ0v) is 17.8. The van der Waals surface area contributed by atoms with Crippen LogP contribution in [-0.4, -0.2) is 29.6 Å². The molecule has 1 unspecified atom stereocenters. The van der Waals surface area contributed by atoms with Crippen molar-refractivity contribution < 1.29 is 14.7 Å². The largest absolute Gasteiger partial charge is 0.493 e. The molecule has 1 aromatic heterocycles. The molecule has 3 aromatic rings. The summed E-state index contributed by atoms with van der Waals surface area (Å²) >= 11 is 0. The van der Waals surface area contributed by atoms with Crippen LogP contribution in [0.25, 0.3) is 0 Å². The monoisotopic (exact) mass is 416 g/mol. The van der Waals surface area contributed by atoms with E-state index in [1.807, 2.05) is 48.8 Å². The highest BCUT2D eigenvalue weighted by Crippen LogP contribution is 2.38. The molecule has 5 heteroatoms. The second kappa shape index (κ2) is 10.1. The highest BCUT2D eigenvalue weighted by atomic mass is 16.5. The van der Waals surface area contributed by atoms with Gasteiger partial charge in [-0.05, 0) is 78.6 Å². The third kappa shape index (κ3) is 5.05. The van der Waals surface area contributed by atoms with E-state index in [2.05, 4.69) is 28.3 Å². The number of hydrogen-bond acceptors (Lipinski definition) is 5. The van der Waals surface area contributed by atoms with E-state index in [9.17, 15) is 5.21 Å². The maximum Gasteiger partial charge on any atom is 0.161 e. The number of hydrogen-bond donors (Lipinski definition) is 1. The van der Waals surface area contributed by atoms with E-state index in [0.29, 0.717) is 0 Å². The van der Waals surface area contributed by atoms with E-state index < -0.39 is 0 Å². The summed E-state index contributed by atoms with van der Waals surface area (Å²) in [5.41, 5.74) is 4.29. The van der Waals surface area contributed by atoms with Crippen LogP contribution in [0.3, 0.4) is 0 Å². The minimum absolute atomic E-state index is 0.0495. The fraction of sp³-hybridized carbons (Fsp3) is 0.308. The summed E-state index contributed by atoms with van der Waals surface area (Å²) in [7, 11) is 1.68. The predicted molar refractivity (Wildman–Crippen MR) is 121 cm³/mol. The van der Waals surface area contributed by atoms with Crippen molar-refractivity contribution >= 4 is 6.21 Å². The first-order chi connectivity index (χ1) is 15.3. The van der Waals surface area contributed by atoms with E-state index >= 15 is 0 Å². The number of rotatable bonds is 8. The Labute approximate surface area is 183 Å². The van der Waals surface area contributed by atoms with Crippen molar-refractivity contribution in [2.75, 3.05) is 7.11 Å². The smallest absolute Gasteiger partial charge is 0.161 e. The Balaban J connectivity index is 1.76. The van der Waals surface area contributed by atoms with Crippen LogP contribution in [0.5, 0.6) is 11.5 Å². The third-order valence-corrected chi connectivity index (χ3v) is 5.94. The Morgan fingerprint density at radius 3 is 2.58 bits per heavy atom. The zero-order valence-electron chi connectivity index (χ0n) is 17.8. The Morgan fingerprint density at radius 2 is 1.84 bits per heavy atom. The molecule has 1 aliphatic rings. The molecule has 1 atom stereocenters. The fourth-order valence-electron chi connectivity index (χ4n) is 4.36. The zero-order chi connectivity index (χ0) is 21.5. The van der Waals surface area contributed by atoms with Gasteiger partial charge in [0, 0.05) is 18.3 Å². The first-order valence-electron chi connectivity index (χ1n) is 10.8. The quantitative estimate of drug-likeness (QED) is 0.295. The number of pyridine rings is 1. The van der Waals surface area contributed by atoms with Gasteiger partial charge in [-0.1, -0.05) is 35.5 Å². The fourth-order valence-corrected chi connectivity index (χ4v) is 4.36. The van der Waals surface area contributed by atoms with Gasteiger partial charge in [0.05, 0.1) is 19.4 Å². The Hall–Kier alpha value is -3.34. The van der Waals surface area contributed by atoms with Crippen molar-refractivity contribution in [1.29, 1.82) is 0 Å². The van der Waals surface area contributed by atoms with Crippen molar-refractivity contribution in [3.05, 3.63) is 89.2 Å². The van der Waals surface area contributed by atoms with Gasteiger partial charge in [-0.25, -0.2) is 0 Å². The molecule has 2 aromatic carbocycles. The van der Waals surface area contributed by atoms with Gasteiger partial charge in [0.15, 0.2) is 11.5 Å². The molecule has 4 rings (SSSR count). The van der Waals surface area contributed by atoms with Crippen LogP contribution >= 0.6 is 0 Å². The summed E-state index contributed by atoms with van der Waals surface area (Å²) in [6.07, 6.45) is 10.8. The maximum atomic E-state index is 9.18. The molecule has 0 amide bonds. The second-order valence-electron chi connectivity index (χ2n) is 7.92. The standard InChI is InChI=1S/C26H28N2O3/c1-30-25-11-10-20(17-26(25)31-22-7-3-4-8-22)24(16-19-12-14-27-15-13-19)23-9-5-2-6-21(23)18-28-29/h2,5-6,9-15,17-18,22,24,29H,3-4,7-8,16H2,1H3. The molecule has 0 aliphatic heterocycles. The number of ether oxygens (including phenoxy) is 2. The highest BCUT2D eigenvalue weighted by Gasteiger charge is 2.22. The van der Waals surface area contributed by atoms with Crippen molar-refractivity contribution in [3.63, 3.8) is 0 Å². The van der Waals surface area contributed by atoms with Gasteiger partial charge in [-0.3, -0.25) is 4.98 Å². The van der Waals surface area contributed by atoms with Crippen molar-refractivity contribution in [2.24, 2.45) is 5.16 Å². The Kier molecular flexibility index (Phi) is 6.82. The minimum atomic E-state index is 0.0495. The first-order valence-corrected chi connectivity index (χ1v) is 10.8. The van der Waals surface area contributed by atoms with Crippen molar-refractivity contribution in [3.8, 4) is 11.5 Å². The highest BCUT2D eigenvalue weighted by molar-refractivity contribution is 5.82. The van der Waals surface area contributed by atoms with Crippen molar-refractivity contribution in [1.82, 2.24) is 4.98 Å². The summed E-state index contributed by atoms with van der Waals surface area (Å²) in [4.78, 5) is 4.15. The predicted octanol–water partition coefficient (Wildman–Crippen LogP) is 5.59. The van der Waals surface area contributed by atoms with Crippen LogP contribution in [-0.2, 0) is 6.42 Å². The molecular formula is C26H28N2O3.